The van der Waals surface area contributed by atoms with Crippen molar-refractivity contribution in [3.63, 3.8) is 0 Å². The number of quaternary nitrogens is 1. The molecule has 2 aromatic carbocycles. The smallest absolute Gasteiger partial charge is 0.243 e. The second kappa shape index (κ2) is 7.66. The van der Waals surface area contributed by atoms with Crippen LogP contribution in [0.4, 0.5) is 5.69 Å². The quantitative estimate of drug-likeness (QED) is 0.794. The van der Waals surface area contributed by atoms with Crippen LogP contribution in [0.25, 0.3) is 0 Å². The van der Waals surface area contributed by atoms with Gasteiger partial charge in [-0.1, -0.05) is 24.3 Å². The van der Waals surface area contributed by atoms with Gasteiger partial charge in [0.2, 0.25) is 15.9 Å². The summed E-state index contributed by atoms with van der Waals surface area (Å²) in [6, 6.07) is 15.5. The maximum atomic E-state index is 13.0. The molecular formula is C21H26N3O3S+. The van der Waals surface area contributed by atoms with Crippen LogP contribution in [0.3, 0.4) is 0 Å². The number of piperazine rings is 1. The van der Waals surface area contributed by atoms with Gasteiger partial charge in [0.25, 0.3) is 0 Å². The van der Waals surface area contributed by atoms with Gasteiger partial charge in [-0.3, -0.25) is 4.79 Å². The lowest BCUT2D eigenvalue weighted by molar-refractivity contribution is -0.927. The third kappa shape index (κ3) is 3.83. The normalized spacial score (nSPS) is 18.8. The Morgan fingerprint density at radius 1 is 1.00 bits per heavy atom. The van der Waals surface area contributed by atoms with Crippen LogP contribution in [0.15, 0.2) is 53.4 Å². The highest BCUT2D eigenvalue weighted by Gasteiger charge is 2.35. The zero-order valence-corrected chi connectivity index (χ0v) is 16.8. The second-order valence-corrected chi connectivity index (χ2v) is 9.58. The highest BCUT2D eigenvalue weighted by Crippen LogP contribution is 2.21. The highest BCUT2D eigenvalue weighted by atomic mass is 32.2. The molecule has 0 aromatic heterocycles. The van der Waals surface area contributed by atoms with E-state index in [0.29, 0.717) is 24.8 Å². The number of anilines is 1. The van der Waals surface area contributed by atoms with E-state index in [1.165, 1.54) is 23.0 Å². The Kier molecular flexibility index (Phi) is 5.23. The number of fused-ring (bicyclic) bond motifs is 1. The number of benzene rings is 2. The highest BCUT2D eigenvalue weighted by molar-refractivity contribution is 7.89. The van der Waals surface area contributed by atoms with Crippen LogP contribution in [-0.4, -0.2) is 50.9 Å². The van der Waals surface area contributed by atoms with Gasteiger partial charge in [-0.25, -0.2) is 8.42 Å². The first-order valence-electron chi connectivity index (χ1n) is 9.72. The standard InChI is InChI=1S/C21H25N3O3S/c1-16(25)22-19-6-8-21(9-7-19)28(26,27)24-12-10-23(11-13-24)20-14-17-4-2-3-5-18(17)15-20/h2-9,20H,10-15H2,1H3,(H,22,25)/p+1. The molecule has 1 heterocycles. The summed E-state index contributed by atoms with van der Waals surface area (Å²) in [6.07, 6.45) is 2.17. The maximum Gasteiger partial charge on any atom is 0.243 e. The van der Waals surface area contributed by atoms with Crippen LogP contribution < -0.4 is 10.2 Å². The van der Waals surface area contributed by atoms with Crippen molar-refractivity contribution in [1.29, 1.82) is 0 Å². The summed E-state index contributed by atoms with van der Waals surface area (Å²) in [7, 11) is -3.50. The summed E-state index contributed by atoms with van der Waals surface area (Å²) in [5, 5.41) is 2.66. The van der Waals surface area contributed by atoms with E-state index in [0.717, 1.165) is 25.9 Å². The average molecular weight is 401 g/mol. The van der Waals surface area contributed by atoms with Crippen molar-refractivity contribution in [2.45, 2.75) is 30.7 Å². The largest absolute Gasteiger partial charge is 0.330 e. The second-order valence-electron chi connectivity index (χ2n) is 7.64. The lowest BCUT2D eigenvalue weighted by Crippen LogP contribution is -3.18. The SMILES string of the molecule is CC(=O)Nc1ccc(S(=O)(=O)N2CC[NH+](C3Cc4ccccc4C3)CC2)cc1. The molecule has 2 aromatic rings. The Bertz CT molecular complexity index is 940. The summed E-state index contributed by atoms with van der Waals surface area (Å²) < 4.78 is 27.5. The van der Waals surface area contributed by atoms with Gasteiger partial charge < -0.3 is 10.2 Å². The number of hydrogen-bond acceptors (Lipinski definition) is 3. The first-order valence-corrected chi connectivity index (χ1v) is 11.2. The van der Waals surface area contributed by atoms with Gasteiger partial charge in [0.05, 0.1) is 37.1 Å². The van der Waals surface area contributed by atoms with E-state index >= 15 is 0 Å². The molecule has 4 rings (SSSR count). The van der Waals surface area contributed by atoms with Crippen molar-refractivity contribution in [2.75, 3.05) is 31.5 Å². The van der Waals surface area contributed by atoms with Gasteiger partial charge in [-0.2, -0.15) is 4.31 Å². The van der Waals surface area contributed by atoms with E-state index in [1.54, 1.807) is 28.6 Å². The van der Waals surface area contributed by atoms with E-state index < -0.39 is 10.0 Å². The van der Waals surface area contributed by atoms with Crippen LogP contribution in [0.1, 0.15) is 18.1 Å². The summed E-state index contributed by atoms with van der Waals surface area (Å²) in [5.41, 5.74) is 3.48. The molecule has 0 radical (unpaired) electrons. The van der Waals surface area contributed by atoms with Crippen molar-refractivity contribution < 1.29 is 18.1 Å². The van der Waals surface area contributed by atoms with Crippen LogP contribution in [0, 0.1) is 0 Å². The number of amides is 1. The minimum absolute atomic E-state index is 0.177. The number of sulfonamides is 1. The van der Waals surface area contributed by atoms with Crippen LogP contribution in [-0.2, 0) is 27.7 Å². The van der Waals surface area contributed by atoms with E-state index in [1.807, 2.05) is 0 Å². The number of carbonyl (C=O) groups is 1. The predicted octanol–water partition coefficient (Wildman–Crippen LogP) is 0.702. The minimum atomic E-state index is -3.50. The van der Waals surface area contributed by atoms with Gasteiger partial charge in [-0.15, -0.1) is 0 Å². The average Bonchev–Trinajstić information content (AvgIpc) is 3.12. The Morgan fingerprint density at radius 2 is 1.57 bits per heavy atom. The summed E-state index contributed by atoms with van der Waals surface area (Å²) in [4.78, 5) is 12.9. The zero-order chi connectivity index (χ0) is 19.7. The van der Waals surface area contributed by atoms with E-state index in [2.05, 4.69) is 29.6 Å². The Labute approximate surface area is 166 Å². The van der Waals surface area contributed by atoms with E-state index in [9.17, 15) is 13.2 Å². The molecule has 1 aliphatic heterocycles. The molecule has 0 saturated carbocycles. The van der Waals surface area contributed by atoms with Crippen molar-refractivity contribution in [2.24, 2.45) is 0 Å². The number of rotatable bonds is 4. The predicted molar refractivity (Wildman–Crippen MR) is 108 cm³/mol. The molecule has 7 heteroatoms. The fraction of sp³-hybridized carbons (Fsp3) is 0.381. The number of nitrogens with zero attached hydrogens (tertiary/aromatic N) is 1. The first-order chi connectivity index (χ1) is 13.4. The van der Waals surface area contributed by atoms with E-state index in [4.69, 9.17) is 0 Å². The molecule has 1 fully saturated rings. The van der Waals surface area contributed by atoms with Crippen LogP contribution in [0.5, 0.6) is 0 Å². The molecule has 2 N–H and O–H groups in total. The number of carbonyl (C=O) groups excluding carboxylic acids is 1. The molecule has 1 saturated heterocycles. The fourth-order valence-electron chi connectivity index (χ4n) is 4.33. The fourth-order valence-corrected chi connectivity index (χ4v) is 5.77. The molecule has 0 atom stereocenters. The maximum absolute atomic E-state index is 13.0. The Morgan fingerprint density at radius 3 is 2.11 bits per heavy atom. The summed E-state index contributed by atoms with van der Waals surface area (Å²) >= 11 is 0. The number of nitrogens with one attached hydrogen (secondary N) is 2. The van der Waals surface area contributed by atoms with Gasteiger partial charge >= 0.3 is 0 Å². The molecule has 2 aliphatic rings. The molecule has 1 amide bonds. The monoisotopic (exact) mass is 400 g/mol. The van der Waals surface area contributed by atoms with Crippen molar-refractivity contribution in [3.05, 3.63) is 59.7 Å². The number of hydrogen-bond donors (Lipinski definition) is 2. The Hall–Kier alpha value is -2.22. The van der Waals surface area contributed by atoms with Gasteiger partial charge in [0.15, 0.2) is 0 Å². The van der Waals surface area contributed by atoms with Crippen molar-refractivity contribution >= 4 is 21.6 Å². The molecular weight excluding hydrogens is 374 g/mol. The van der Waals surface area contributed by atoms with Crippen LogP contribution in [0.2, 0.25) is 0 Å². The summed E-state index contributed by atoms with van der Waals surface area (Å²) in [5.74, 6) is -0.177. The zero-order valence-electron chi connectivity index (χ0n) is 16.0. The molecule has 0 unspecified atom stereocenters. The third-order valence-electron chi connectivity index (χ3n) is 5.81. The van der Waals surface area contributed by atoms with Gasteiger partial charge in [-0.05, 0) is 35.4 Å². The van der Waals surface area contributed by atoms with Crippen molar-refractivity contribution in [1.82, 2.24) is 4.31 Å². The summed E-state index contributed by atoms with van der Waals surface area (Å²) in [6.45, 7) is 4.18. The first kappa shape index (κ1) is 19.1. The van der Waals surface area contributed by atoms with Gasteiger partial charge in [0, 0.05) is 25.5 Å². The lowest BCUT2D eigenvalue weighted by Gasteiger charge is -2.34. The molecule has 0 bridgehead atoms. The van der Waals surface area contributed by atoms with Gasteiger partial charge in [0.1, 0.15) is 0 Å². The Balaban J connectivity index is 1.38. The molecule has 6 nitrogen and oxygen atoms in total. The lowest BCUT2D eigenvalue weighted by atomic mass is 10.1. The third-order valence-corrected chi connectivity index (χ3v) is 7.72. The molecule has 1 aliphatic carbocycles. The minimum Gasteiger partial charge on any atom is -0.330 e. The van der Waals surface area contributed by atoms with E-state index in [-0.39, 0.29) is 10.8 Å². The molecule has 0 spiro atoms. The molecule has 148 valence electrons. The van der Waals surface area contributed by atoms with Crippen LogP contribution >= 0.6 is 0 Å². The molecule has 28 heavy (non-hydrogen) atoms. The van der Waals surface area contributed by atoms with Crippen molar-refractivity contribution in [3.8, 4) is 0 Å². The topological polar surface area (TPSA) is 70.9 Å².